The summed E-state index contributed by atoms with van der Waals surface area (Å²) in [7, 11) is -9.91. The summed E-state index contributed by atoms with van der Waals surface area (Å²) in [6, 6.07) is 0. The first-order valence-corrected chi connectivity index (χ1v) is 40.3. The average Bonchev–Trinajstić information content (AvgIpc) is 3.69. The molecule has 5 unspecified atom stereocenters. The van der Waals surface area contributed by atoms with Crippen LogP contribution in [0.4, 0.5) is 0 Å². The summed E-state index contributed by atoms with van der Waals surface area (Å²) in [5.41, 5.74) is 0. The maximum Gasteiger partial charge on any atom is 0.472 e. The van der Waals surface area contributed by atoms with Gasteiger partial charge in [-0.15, -0.1) is 0 Å². The first-order chi connectivity index (χ1) is 43.7. The van der Waals surface area contributed by atoms with Crippen molar-refractivity contribution in [3.05, 3.63) is 0 Å². The monoisotopic (exact) mass is 1340 g/mol. The zero-order valence-electron chi connectivity index (χ0n) is 59.5. The number of phosphoric ester groups is 2. The molecule has 0 fully saturated rings. The average molecular weight is 1340 g/mol. The van der Waals surface area contributed by atoms with Crippen LogP contribution in [-0.2, 0) is 65.4 Å². The van der Waals surface area contributed by atoms with Gasteiger partial charge in [-0.3, -0.25) is 37.3 Å². The Labute approximate surface area is 556 Å². The third-order valence-corrected chi connectivity index (χ3v) is 19.2. The number of hydrogen-bond acceptors (Lipinski definition) is 15. The molecule has 17 nitrogen and oxygen atoms in total. The number of carbonyl (C=O) groups excluding carboxylic acids is 4. The number of ether oxygens (including phenoxy) is 4. The van der Waals surface area contributed by atoms with Crippen LogP contribution < -0.4 is 0 Å². The molecule has 0 rings (SSSR count). The molecule has 0 amide bonds. The first-order valence-electron chi connectivity index (χ1n) is 37.3. The van der Waals surface area contributed by atoms with E-state index in [1.54, 1.807) is 0 Å². The Morgan fingerprint density at radius 1 is 0.308 bits per heavy atom. The number of carbonyl (C=O) groups is 4. The van der Waals surface area contributed by atoms with Crippen molar-refractivity contribution < 1.29 is 80.2 Å². The van der Waals surface area contributed by atoms with Crippen molar-refractivity contribution in [3.63, 3.8) is 0 Å². The van der Waals surface area contributed by atoms with Crippen LogP contribution in [0.2, 0.25) is 0 Å². The molecule has 19 heteroatoms. The molecule has 0 aromatic rings. The topological polar surface area (TPSA) is 237 Å². The molecule has 0 radical (unpaired) electrons. The number of phosphoric acid groups is 2. The Bertz CT molecular complexity index is 1800. The van der Waals surface area contributed by atoms with Crippen LogP contribution in [0.25, 0.3) is 0 Å². The van der Waals surface area contributed by atoms with Gasteiger partial charge in [-0.2, -0.15) is 0 Å². The zero-order chi connectivity index (χ0) is 67.5. The van der Waals surface area contributed by atoms with E-state index in [0.717, 1.165) is 120 Å². The molecule has 0 aromatic heterocycles. The highest BCUT2D eigenvalue weighted by atomic mass is 31.2. The molecular weight excluding hydrogens is 1200 g/mol. The maximum absolute atomic E-state index is 13.0. The normalized spacial score (nSPS) is 14.8. The van der Waals surface area contributed by atoms with E-state index < -0.39 is 97.5 Å². The van der Waals surface area contributed by atoms with Crippen LogP contribution >= 0.6 is 15.6 Å². The number of esters is 4. The van der Waals surface area contributed by atoms with Crippen molar-refractivity contribution in [2.45, 2.75) is 375 Å². The number of rotatable bonds is 69. The molecule has 0 aliphatic rings. The van der Waals surface area contributed by atoms with Gasteiger partial charge in [0, 0.05) is 25.7 Å². The number of aliphatic hydroxyl groups is 1. The van der Waals surface area contributed by atoms with E-state index in [0.29, 0.717) is 31.6 Å². The van der Waals surface area contributed by atoms with Crippen molar-refractivity contribution in [3.8, 4) is 0 Å². The van der Waals surface area contributed by atoms with Gasteiger partial charge in [0.15, 0.2) is 12.2 Å². The lowest BCUT2D eigenvalue weighted by atomic mass is 9.99. The van der Waals surface area contributed by atoms with Gasteiger partial charge in [0.1, 0.15) is 19.3 Å². The van der Waals surface area contributed by atoms with E-state index in [2.05, 4.69) is 55.4 Å². The predicted octanol–water partition coefficient (Wildman–Crippen LogP) is 20.5. The summed E-state index contributed by atoms with van der Waals surface area (Å²) in [6.07, 6.45) is 44.5. The Balaban J connectivity index is 5.24. The fourth-order valence-electron chi connectivity index (χ4n) is 10.8. The van der Waals surface area contributed by atoms with Gasteiger partial charge < -0.3 is 33.8 Å². The van der Waals surface area contributed by atoms with Gasteiger partial charge in [0.25, 0.3) is 0 Å². The van der Waals surface area contributed by atoms with Crippen LogP contribution in [0.3, 0.4) is 0 Å². The lowest BCUT2D eigenvalue weighted by molar-refractivity contribution is -0.161. The molecule has 0 aromatic carbocycles. The van der Waals surface area contributed by atoms with Crippen LogP contribution in [-0.4, -0.2) is 96.7 Å². The van der Waals surface area contributed by atoms with Crippen molar-refractivity contribution >= 4 is 39.5 Å². The van der Waals surface area contributed by atoms with E-state index in [4.69, 9.17) is 37.0 Å². The summed E-state index contributed by atoms with van der Waals surface area (Å²) in [5, 5.41) is 10.6. The predicted molar refractivity (Wildman–Crippen MR) is 367 cm³/mol. The van der Waals surface area contributed by atoms with Crippen molar-refractivity contribution in [2.24, 2.45) is 23.7 Å². The molecule has 0 saturated heterocycles. The molecule has 91 heavy (non-hydrogen) atoms. The molecule has 0 saturated carbocycles. The molecule has 3 N–H and O–H groups in total. The van der Waals surface area contributed by atoms with Gasteiger partial charge in [-0.05, 0) is 49.4 Å². The van der Waals surface area contributed by atoms with Crippen molar-refractivity contribution in [2.75, 3.05) is 39.6 Å². The quantitative estimate of drug-likeness (QED) is 0.0222. The highest BCUT2D eigenvalue weighted by molar-refractivity contribution is 7.47. The smallest absolute Gasteiger partial charge is 0.462 e. The van der Waals surface area contributed by atoms with Crippen molar-refractivity contribution in [1.82, 2.24) is 0 Å². The second kappa shape index (κ2) is 61.6. The van der Waals surface area contributed by atoms with E-state index in [9.17, 15) is 43.2 Å². The van der Waals surface area contributed by atoms with Crippen LogP contribution in [0.15, 0.2) is 0 Å². The lowest BCUT2D eigenvalue weighted by Gasteiger charge is -2.21. The minimum absolute atomic E-state index is 0.105. The standard InChI is InChI=1S/C72H140O17P2/c1-9-64(7)50-42-34-26-20-17-18-22-28-39-47-55-72(77)88-67(58-82-69(74)52-44-36-29-23-25-33-41-49-63(5)6)60-86-90(78,79)84-56-66(73)57-85-91(80,81)87-61-68(59-83-70(75)53-45-37-31-30-35-43-51-65(8)10-2)89-71(76)54-46-38-27-21-16-14-12-11-13-15-19-24-32-40-48-62(3)4/h62-68,73H,9-61H2,1-8H3,(H,78,79)(H,80,81)/t64?,65?,66?,67-,68-/m1/s1. The summed E-state index contributed by atoms with van der Waals surface area (Å²) < 4.78 is 68.3. The Morgan fingerprint density at radius 3 is 0.780 bits per heavy atom. The second-order valence-electron chi connectivity index (χ2n) is 27.4. The molecule has 0 aliphatic carbocycles. The van der Waals surface area contributed by atoms with Crippen LogP contribution in [0.1, 0.15) is 357 Å². The number of aliphatic hydroxyl groups excluding tert-OH is 1. The van der Waals surface area contributed by atoms with E-state index in [-0.39, 0.29) is 25.7 Å². The van der Waals surface area contributed by atoms with Gasteiger partial charge in [0.2, 0.25) is 0 Å². The molecule has 7 atom stereocenters. The summed E-state index contributed by atoms with van der Waals surface area (Å²) >= 11 is 0. The first kappa shape index (κ1) is 89.1. The Hall–Kier alpha value is -1.94. The minimum atomic E-state index is -4.95. The number of unbranched alkanes of at least 4 members (excludes halogenated alkanes) is 33. The third kappa shape index (κ3) is 63.9. The van der Waals surface area contributed by atoms with E-state index in [1.165, 1.54) is 148 Å². The Kier molecular flexibility index (Phi) is 60.3. The summed E-state index contributed by atoms with van der Waals surface area (Å²) in [5.74, 6) is 0.906. The van der Waals surface area contributed by atoms with Crippen LogP contribution in [0.5, 0.6) is 0 Å². The van der Waals surface area contributed by atoms with Crippen molar-refractivity contribution in [1.29, 1.82) is 0 Å². The SMILES string of the molecule is CCC(C)CCCCCCCCCCCCC(=O)O[C@H](COC(=O)CCCCCCCCCC(C)C)COP(=O)(O)OCC(O)COP(=O)(O)OC[C@@H](COC(=O)CCCCCCCCC(C)CC)OC(=O)CCCCCCCCCCCCCCCCC(C)C. The van der Waals surface area contributed by atoms with E-state index >= 15 is 0 Å². The fraction of sp³-hybridized carbons (Fsp3) is 0.944. The molecule has 0 spiro atoms. The molecule has 0 aliphatic heterocycles. The number of hydrogen-bond donors (Lipinski definition) is 3. The fourth-order valence-corrected chi connectivity index (χ4v) is 12.4. The van der Waals surface area contributed by atoms with Gasteiger partial charge in [-0.25, -0.2) is 9.13 Å². The van der Waals surface area contributed by atoms with Gasteiger partial charge in [0.05, 0.1) is 26.4 Å². The lowest BCUT2D eigenvalue weighted by Crippen LogP contribution is -2.30. The molecule has 0 bridgehead atoms. The highest BCUT2D eigenvalue weighted by Gasteiger charge is 2.30. The molecule has 540 valence electrons. The van der Waals surface area contributed by atoms with Gasteiger partial charge >= 0.3 is 39.5 Å². The largest absolute Gasteiger partial charge is 0.472 e. The minimum Gasteiger partial charge on any atom is -0.462 e. The second-order valence-corrected chi connectivity index (χ2v) is 30.3. The highest BCUT2D eigenvalue weighted by Crippen LogP contribution is 2.45. The zero-order valence-corrected chi connectivity index (χ0v) is 61.3. The Morgan fingerprint density at radius 2 is 0.527 bits per heavy atom. The van der Waals surface area contributed by atoms with Crippen LogP contribution in [0, 0.1) is 23.7 Å². The van der Waals surface area contributed by atoms with Gasteiger partial charge in [-0.1, -0.05) is 306 Å². The third-order valence-electron chi connectivity index (χ3n) is 17.3. The summed E-state index contributed by atoms with van der Waals surface area (Å²) in [4.78, 5) is 72.6. The maximum atomic E-state index is 13.0. The molecular formula is C72H140O17P2. The summed E-state index contributed by atoms with van der Waals surface area (Å²) in [6.45, 7) is 14.1. The van der Waals surface area contributed by atoms with E-state index in [1.807, 2.05) is 0 Å². The molecule has 0 heterocycles.